The Kier molecular flexibility index (Phi) is 5.29. The molecule has 6 nitrogen and oxygen atoms in total. The maximum absolute atomic E-state index is 5.64. The van der Waals surface area contributed by atoms with Crippen molar-refractivity contribution in [2.75, 3.05) is 16.8 Å². The third-order valence-corrected chi connectivity index (χ3v) is 7.24. The number of rotatable bonds is 2. The number of hydrazone groups is 1. The molecule has 186 valence electrons. The molecule has 5 aromatic rings. The van der Waals surface area contributed by atoms with Crippen LogP contribution in [0.2, 0.25) is 0 Å². The van der Waals surface area contributed by atoms with Crippen LogP contribution < -0.4 is 20.6 Å². The van der Waals surface area contributed by atoms with Gasteiger partial charge in [0.1, 0.15) is 5.89 Å². The second kappa shape index (κ2) is 8.73. The Hall–Kier alpha value is -4.11. The molecule has 0 N–H and O–H groups in total. The van der Waals surface area contributed by atoms with Gasteiger partial charge in [0, 0.05) is 31.8 Å². The van der Waals surface area contributed by atoms with Crippen molar-refractivity contribution in [1.82, 2.24) is 9.99 Å². The van der Waals surface area contributed by atoms with Gasteiger partial charge in [-0.05, 0) is 24.7 Å². The Balaban J connectivity index is 0.00000242. The van der Waals surface area contributed by atoms with Crippen LogP contribution in [0.4, 0.5) is 17.1 Å². The molecule has 0 spiro atoms. The monoisotopic (exact) mass is 582 g/mol. The van der Waals surface area contributed by atoms with Crippen molar-refractivity contribution in [3.8, 4) is 33.7 Å². The zero-order chi connectivity index (χ0) is 24.5. The van der Waals surface area contributed by atoms with E-state index in [-0.39, 0.29) is 27.3 Å². The van der Waals surface area contributed by atoms with Crippen molar-refractivity contribution < 1.29 is 24.8 Å². The molecular formula is C30H19BN5OPd-3. The molecule has 0 amide bonds. The summed E-state index contributed by atoms with van der Waals surface area (Å²) in [7, 11) is 1.92. The third kappa shape index (κ3) is 3.31. The summed E-state index contributed by atoms with van der Waals surface area (Å²) in [4.78, 5) is 8.81. The molecule has 0 fully saturated rings. The predicted molar refractivity (Wildman–Crippen MR) is 147 cm³/mol. The molecule has 0 bridgehead atoms. The Morgan fingerprint density at radius 1 is 0.816 bits per heavy atom. The average molecular weight is 583 g/mol. The Morgan fingerprint density at radius 2 is 1.50 bits per heavy atom. The fourth-order valence-electron chi connectivity index (χ4n) is 5.68. The van der Waals surface area contributed by atoms with Crippen LogP contribution in [0, 0.1) is 18.8 Å². The first-order chi connectivity index (χ1) is 18.3. The molecule has 8 heteroatoms. The van der Waals surface area contributed by atoms with Gasteiger partial charge in [0.2, 0.25) is 0 Å². The Morgan fingerprint density at radius 3 is 2.16 bits per heavy atom. The first-order valence-electron chi connectivity index (χ1n) is 12.2. The van der Waals surface area contributed by atoms with Crippen LogP contribution in [-0.4, -0.2) is 30.2 Å². The Bertz CT molecular complexity index is 1720. The van der Waals surface area contributed by atoms with Gasteiger partial charge < -0.3 is 19.1 Å². The fourth-order valence-corrected chi connectivity index (χ4v) is 5.68. The van der Waals surface area contributed by atoms with Crippen LogP contribution in [0.15, 0.2) is 94.8 Å². The minimum absolute atomic E-state index is 0. The van der Waals surface area contributed by atoms with Crippen LogP contribution in [0.3, 0.4) is 0 Å². The van der Waals surface area contributed by atoms with E-state index in [1.807, 2.05) is 31.0 Å². The summed E-state index contributed by atoms with van der Waals surface area (Å²) in [5.74, 6) is 0.563. The SMILES string of the molecule is CN1[CH-]N(c2[c-]c3c(cc2)-c2ccccc2N2B3c3[c-]c(-c4ncco4)ccc3-c3ccccc32)C=N1.[Pd]. The smallest absolute Gasteiger partial charge is 0.285 e. The summed E-state index contributed by atoms with van der Waals surface area (Å²) < 4.78 is 5.64. The number of fused-ring (bicyclic) bond motifs is 11. The molecule has 0 saturated heterocycles. The van der Waals surface area contributed by atoms with E-state index >= 15 is 0 Å². The minimum Gasteiger partial charge on any atom is -0.489 e. The van der Waals surface area contributed by atoms with Gasteiger partial charge in [-0.3, -0.25) is 4.98 Å². The maximum atomic E-state index is 5.64. The second-order valence-corrected chi connectivity index (χ2v) is 9.34. The molecule has 0 saturated carbocycles. The third-order valence-electron chi connectivity index (χ3n) is 7.24. The molecule has 0 radical (unpaired) electrons. The van der Waals surface area contributed by atoms with E-state index in [0.717, 1.165) is 27.7 Å². The largest absolute Gasteiger partial charge is 0.489 e. The molecular weight excluding hydrogens is 564 g/mol. The van der Waals surface area contributed by atoms with Gasteiger partial charge in [-0.2, -0.15) is 17.6 Å². The number of benzene rings is 4. The van der Waals surface area contributed by atoms with Crippen LogP contribution in [0.25, 0.3) is 33.7 Å². The van der Waals surface area contributed by atoms with Crippen LogP contribution in [0.5, 0.6) is 0 Å². The molecule has 3 aliphatic heterocycles. The summed E-state index contributed by atoms with van der Waals surface area (Å²) in [6, 6.07) is 33.2. The molecule has 0 aliphatic carbocycles. The van der Waals surface area contributed by atoms with E-state index in [1.165, 1.54) is 28.1 Å². The van der Waals surface area contributed by atoms with Crippen LogP contribution in [-0.2, 0) is 20.4 Å². The first-order valence-corrected chi connectivity index (χ1v) is 12.2. The van der Waals surface area contributed by atoms with Crippen LogP contribution in [0.1, 0.15) is 0 Å². The van der Waals surface area contributed by atoms with Gasteiger partial charge in [0.25, 0.3) is 6.85 Å². The Labute approximate surface area is 235 Å². The first kappa shape index (κ1) is 23.0. The van der Waals surface area contributed by atoms with E-state index in [4.69, 9.17) is 4.42 Å². The summed E-state index contributed by atoms with van der Waals surface area (Å²) in [6.45, 7) is 1.82. The van der Waals surface area contributed by atoms with Crippen LogP contribution >= 0.6 is 0 Å². The number of nitrogens with zero attached hydrogens (tertiary/aromatic N) is 5. The number of hydrogen-bond donors (Lipinski definition) is 0. The van der Waals surface area contributed by atoms with Gasteiger partial charge in [-0.25, -0.2) is 5.10 Å². The van der Waals surface area contributed by atoms with Gasteiger partial charge in [0.15, 0.2) is 0 Å². The zero-order valence-corrected chi connectivity index (χ0v) is 21.8. The fraction of sp³-hybridized carbons (Fsp3) is 0.0333. The second-order valence-electron chi connectivity index (χ2n) is 9.34. The number of oxazole rings is 1. The quantitative estimate of drug-likeness (QED) is 0.224. The van der Waals surface area contributed by atoms with E-state index in [0.29, 0.717) is 5.89 Å². The number of para-hydroxylation sites is 2. The maximum Gasteiger partial charge on any atom is 0.285 e. The van der Waals surface area contributed by atoms with Crippen molar-refractivity contribution in [1.29, 1.82) is 0 Å². The molecule has 0 unspecified atom stereocenters. The van der Waals surface area contributed by atoms with E-state index in [2.05, 4.69) is 93.8 Å². The molecule has 8 rings (SSSR count). The molecule has 4 heterocycles. The van der Waals surface area contributed by atoms with Gasteiger partial charge >= 0.3 is 0 Å². The van der Waals surface area contributed by atoms with Gasteiger partial charge in [-0.1, -0.05) is 47.5 Å². The van der Waals surface area contributed by atoms with Crippen molar-refractivity contribution in [3.63, 3.8) is 0 Å². The summed E-state index contributed by atoms with van der Waals surface area (Å²) in [6.07, 6.45) is 5.08. The van der Waals surface area contributed by atoms with Crippen molar-refractivity contribution >= 4 is 41.2 Å². The summed E-state index contributed by atoms with van der Waals surface area (Å²) in [5.41, 5.74) is 11.0. The van der Waals surface area contributed by atoms with Crippen molar-refractivity contribution in [2.24, 2.45) is 5.10 Å². The van der Waals surface area contributed by atoms with E-state index in [1.54, 1.807) is 17.5 Å². The molecule has 4 aromatic carbocycles. The van der Waals surface area contributed by atoms with Crippen molar-refractivity contribution in [3.05, 3.63) is 104 Å². The van der Waals surface area contributed by atoms with E-state index in [9.17, 15) is 0 Å². The van der Waals surface area contributed by atoms with Crippen molar-refractivity contribution in [2.45, 2.75) is 0 Å². The van der Waals surface area contributed by atoms with Gasteiger partial charge in [0.05, 0.1) is 18.8 Å². The number of hydrogen-bond acceptors (Lipinski definition) is 6. The standard InChI is InChI=1S/C30H19BN5O.Pd/c1-34-19-35(18-33-34)21-11-13-23-25-7-3-5-9-29(25)36-28-8-4-2-6-24(28)22-12-10-20(30-32-14-15-37-30)16-26(22)31(36)27(23)17-21;/h2-15,18-19H,1H3;/q-3;. The minimum atomic E-state index is -0.123. The molecule has 38 heavy (non-hydrogen) atoms. The molecule has 3 aliphatic rings. The zero-order valence-electron chi connectivity index (χ0n) is 20.3. The molecule has 0 atom stereocenters. The number of aromatic nitrogens is 1. The number of anilines is 3. The topological polar surface area (TPSA) is 48.1 Å². The summed E-state index contributed by atoms with van der Waals surface area (Å²) in [5, 5.41) is 6.14. The average Bonchev–Trinajstić information content (AvgIpc) is 3.65. The normalized spacial score (nSPS) is 14.3. The van der Waals surface area contributed by atoms with E-state index < -0.39 is 0 Å². The predicted octanol–water partition coefficient (Wildman–Crippen LogP) is 4.66. The van der Waals surface area contributed by atoms with Gasteiger partial charge in [-0.15, -0.1) is 53.2 Å². The molecule has 1 aromatic heterocycles. The summed E-state index contributed by atoms with van der Waals surface area (Å²) >= 11 is 0.